The zero-order valence-corrected chi connectivity index (χ0v) is 12.6. The number of hydrogen-bond acceptors (Lipinski definition) is 3. The summed E-state index contributed by atoms with van der Waals surface area (Å²) < 4.78 is 5.14. The highest BCUT2D eigenvalue weighted by molar-refractivity contribution is 6.34. The van der Waals surface area contributed by atoms with Crippen LogP contribution in [0.5, 0.6) is 0 Å². The van der Waals surface area contributed by atoms with Crippen LogP contribution in [0.15, 0.2) is 18.2 Å². The van der Waals surface area contributed by atoms with Gasteiger partial charge in [-0.25, -0.2) is 0 Å². The highest BCUT2D eigenvalue weighted by Gasteiger charge is 2.14. The number of methoxy groups -OCH3 is 1. The highest BCUT2D eigenvalue weighted by atomic mass is 35.5. The van der Waals surface area contributed by atoms with Gasteiger partial charge in [-0.3, -0.25) is 4.79 Å². The topological polar surface area (TPSA) is 41.6 Å². The van der Waals surface area contributed by atoms with E-state index in [2.05, 4.69) is 12.2 Å². The van der Waals surface area contributed by atoms with E-state index >= 15 is 0 Å². The molecule has 1 atom stereocenters. The average Bonchev–Trinajstić information content (AvgIpc) is 2.39. The maximum Gasteiger partial charge on any atom is 0.254 e. The maximum absolute atomic E-state index is 12.0. The van der Waals surface area contributed by atoms with E-state index in [9.17, 15) is 4.79 Å². The number of benzene rings is 1. The molecule has 0 fully saturated rings. The van der Waals surface area contributed by atoms with Crippen LogP contribution in [0.25, 0.3) is 0 Å². The number of hydrogen-bond donors (Lipinski definition) is 1. The molecule has 0 radical (unpaired) electrons. The largest absolute Gasteiger partial charge is 0.383 e. The summed E-state index contributed by atoms with van der Waals surface area (Å²) in [5.74, 6) is -0.103. The molecule has 1 aromatic carbocycles. The first-order valence-electron chi connectivity index (χ1n) is 6.26. The number of anilines is 1. The van der Waals surface area contributed by atoms with E-state index in [0.717, 1.165) is 12.1 Å². The standard InChI is InChI=1S/C14H21ClN2O2/c1-5-10(9-19-4)16-11-6-7-13(15)12(8-11)14(18)17(2)3/h6-8,10,16H,5,9H2,1-4H3. The molecule has 4 nitrogen and oxygen atoms in total. The van der Waals surface area contributed by atoms with Crippen LogP contribution < -0.4 is 5.32 Å². The summed E-state index contributed by atoms with van der Waals surface area (Å²) in [6.07, 6.45) is 0.938. The molecule has 0 aromatic heterocycles. The molecule has 1 unspecified atom stereocenters. The van der Waals surface area contributed by atoms with Crippen LogP contribution in [0.2, 0.25) is 5.02 Å². The normalized spacial score (nSPS) is 12.1. The Labute approximate surface area is 119 Å². The molecule has 0 aliphatic carbocycles. The fourth-order valence-electron chi connectivity index (χ4n) is 1.72. The first kappa shape index (κ1) is 15.8. The van der Waals surface area contributed by atoms with Crippen LogP contribution >= 0.6 is 11.6 Å². The van der Waals surface area contributed by atoms with Crippen molar-refractivity contribution in [1.29, 1.82) is 0 Å². The van der Waals surface area contributed by atoms with Crippen molar-refractivity contribution < 1.29 is 9.53 Å². The third kappa shape index (κ3) is 4.40. The summed E-state index contributed by atoms with van der Waals surface area (Å²) in [5.41, 5.74) is 1.38. The quantitative estimate of drug-likeness (QED) is 0.873. The van der Waals surface area contributed by atoms with Crippen molar-refractivity contribution >= 4 is 23.2 Å². The summed E-state index contributed by atoms with van der Waals surface area (Å²) >= 11 is 6.07. The van der Waals surface area contributed by atoms with Gasteiger partial charge in [0.2, 0.25) is 0 Å². The number of nitrogens with zero attached hydrogens (tertiary/aromatic N) is 1. The SMILES string of the molecule is CCC(COC)Nc1ccc(Cl)c(C(=O)N(C)C)c1. The Balaban J connectivity index is 2.92. The summed E-state index contributed by atoms with van der Waals surface area (Å²) in [6.45, 7) is 2.70. The van der Waals surface area contributed by atoms with Gasteiger partial charge in [0.1, 0.15) is 0 Å². The predicted octanol–water partition coefficient (Wildman–Crippen LogP) is 2.88. The summed E-state index contributed by atoms with van der Waals surface area (Å²) in [6, 6.07) is 5.60. The Hall–Kier alpha value is -1.26. The monoisotopic (exact) mass is 284 g/mol. The van der Waals surface area contributed by atoms with Gasteiger partial charge >= 0.3 is 0 Å². The van der Waals surface area contributed by atoms with E-state index in [1.54, 1.807) is 33.3 Å². The van der Waals surface area contributed by atoms with Crippen molar-refractivity contribution in [3.8, 4) is 0 Å². The van der Waals surface area contributed by atoms with Gasteiger partial charge in [-0.15, -0.1) is 0 Å². The van der Waals surface area contributed by atoms with Crippen molar-refractivity contribution in [3.63, 3.8) is 0 Å². The molecule has 0 aliphatic heterocycles. The molecule has 0 aliphatic rings. The van der Waals surface area contributed by atoms with Crippen molar-refractivity contribution in [2.45, 2.75) is 19.4 Å². The molecule has 106 valence electrons. The molecule has 0 saturated heterocycles. The number of halogens is 1. The third-order valence-corrected chi connectivity index (χ3v) is 3.16. The Morgan fingerprint density at radius 3 is 2.68 bits per heavy atom. The number of ether oxygens (including phenoxy) is 1. The zero-order chi connectivity index (χ0) is 14.4. The number of carbonyl (C=O) groups excluding carboxylic acids is 1. The van der Waals surface area contributed by atoms with Gasteiger partial charge in [0.15, 0.2) is 0 Å². The Bertz CT molecular complexity index is 435. The van der Waals surface area contributed by atoms with Gasteiger partial charge in [0.05, 0.1) is 17.2 Å². The van der Waals surface area contributed by atoms with E-state index in [0.29, 0.717) is 17.2 Å². The van der Waals surface area contributed by atoms with Crippen molar-refractivity contribution in [3.05, 3.63) is 28.8 Å². The lowest BCUT2D eigenvalue weighted by molar-refractivity contribution is 0.0828. The van der Waals surface area contributed by atoms with Gasteiger partial charge in [0, 0.05) is 32.9 Å². The fraction of sp³-hybridized carbons (Fsp3) is 0.500. The molecule has 0 heterocycles. The minimum absolute atomic E-state index is 0.103. The molecule has 1 rings (SSSR count). The molecule has 19 heavy (non-hydrogen) atoms. The average molecular weight is 285 g/mol. The summed E-state index contributed by atoms with van der Waals surface area (Å²) in [4.78, 5) is 13.5. The Morgan fingerprint density at radius 1 is 1.47 bits per heavy atom. The molecule has 1 amide bonds. The van der Waals surface area contributed by atoms with E-state index in [1.807, 2.05) is 6.07 Å². The van der Waals surface area contributed by atoms with E-state index in [1.165, 1.54) is 4.90 Å². The molecule has 1 N–H and O–H groups in total. The smallest absolute Gasteiger partial charge is 0.254 e. The number of rotatable bonds is 6. The Morgan fingerprint density at radius 2 is 2.16 bits per heavy atom. The second kappa shape index (κ2) is 7.36. The van der Waals surface area contributed by atoms with Crippen LogP contribution in [0, 0.1) is 0 Å². The van der Waals surface area contributed by atoms with Crippen LogP contribution in [-0.2, 0) is 4.74 Å². The van der Waals surface area contributed by atoms with Crippen molar-refractivity contribution in [1.82, 2.24) is 4.90 Å². The molecule has 0 bridgehead atoms. The van der Waals surface area contributed by atoms with Gasteiger partial charge < -0.3 is 15.0 Å². The number of nitrogens with one attached hydrogen (secondary N) is 1. The van der Waals surface area contributed by atoms with E-state index in [4.69, 9.17) is 16.3 Å². The third-order valence-electron chi connectivity index (χ3n) is 2.83. The molecule has 1 aromatic rings. The summed E-state index contributed by atoms with van der Waals surface area (Å²) in [7, 11) is 5.09. The first-order chi connectivity index (χ1) is 8.99. The van der Waals surface area contributed by atoms with Crippen LogP contribution in [0.4, 0.5) is 5.69 Å². The predicted molar refractivity (Wildman–Crippen MR) is 79.0 cm³/mol. The number of carbonyl (C=O) groups is 1. The summed E-state index contributed by atoms with van der Waals surface area (Å²) in [5, 5.41) is 3.80. The Kier molecular flexibility index (Phi) is 6.12. The van der Waals surface area contributed by atoms with Crippen molar-refractivity contribution in [2.24, 2.45) is 0 Å². The fourth-order valence-corrected chi connectivity index (χ4v) is 1.92. The lowest BCUT2D eigenvalue weighted by atomic mass is 10.1. The lowest BCUT2D eigenvalue weighted by Crippen LogP contribution is -2.25. The van der Waals surface area contributed by atoms with Gasteiger partial charge in [-0.05, 0) is 24.6 Å². The van der Waals surface area contributed by atoms with Crippen LogP contribution in [-0.4, -0.2) is 44.7 Å². The van der Waals surface area contributed by atoms with Crippen LogP contribution in [0.1, 0.15) is 23.7 Å². The molecular weight excluding hydrogens is 264 g/mol. The first-order valence-corrected chi connectivity index (χ1v) is 6.64. The second-order valence-corrected chi connectivity index (χ2v) is 5.01. The minimum atomic E-state index is -0.103. The minimum Gasteiger partial charge on any atom is -0.383 e. The maximum atomic E-state index is 12.0. The lowest BCUT2D eigenvalue weighted by Gasteiger charge is -2.19. The van der Waals surface area contributed by atoms with Crippen LogP contribution in [0.3, 0.4) is 0 Å². The highest BCUT2D eigenvalue weighted by Crippen LogP contribution is 2.22. The molecule has 0 saturated carbocycles. The molecular formula is C14H21ClN2O2. The molecule has 0 spiro atoms. The van der Waals surface area contributed by atoms with Gasteiger partial charge in [-0.2, -0.15) is 0 Å². The molecule has 5 heteroatoms. The van der Waals surface area contributed by atoms with Crippen molar-refractivity contribution in [2.75, 3.05) is 33.1 Å². The number of amides is 1. The van der Waals surface area contributed by atoms with E-state index in [-0.39, 0.29) is 11.9 Å². The van der Waals surface area contributed by atoms with E-state index < -0.39 is 0 Å². The second-order valence-electron chi connectivity index (χ2n) is 4.60. The zero-order valence-electron chi connectivity index (χ0n) is 11.9. The van der Waals surface area contributed by atoms with Gasteiger partial charge in [0.25, 0.3) is 5.91 Å². The van der Waals surface area contributed by atoms with Gasteiger partial charge in [-0.1, -0.05) is 18.5 Å².